The number of rotatable bonds is 3. The van der Waals surface area contributed by atoms with Crippen LogP contribution in [0.15, 0.2) is 47.8 Å². The van der Waals surface area contributed by atoms with Crippen molar-refractivity contribution in [2.45, 2.75) is 13.1 Å². The van der Waals surface area contributed by atoms with Crippen molar-refractivity contribution in [1.29, 1.82) is 0 Å². The molecule has 126 valence electrons. The third-order valence-electron chi connectivity index (χ3n) is 3.90. The van der Waals surface area contributed by atoms with Crippen LogP contribution >= 0.6 is 22.9 Å². The third-order valence-corrected chi connectivity index (χ3v) is 4.97. The van der Waals surface area contributed by atoms with Crippen molar-refractivity contribution in [3.8, 4) is 11.5 Å². The smallest absolute Gasteiger partial charge is 0.543 e. The molecule has 0 amide bonds. The molecular weight excluding hydrogens is 383 g/mol. The minimum absolute atomic E-state index is 0. The Morgan fingerprint density at radius 1 is 1.27 bits per heavy atom. The van der Waals surface area contributed by atoms with Crippen molar-refractivity contribution in [2.75, 3.05) is 4.90 Å². The summed E-state index contributed by atoms with van der Waals surface area (Å²) in [4.78, 5) is 17.2. The number of carbonyl (C=O) groups excluding carboxylic acids is 1. The molecule has 26 heavy (non-hydrogen) atoms. The van der Waals surface area contributed by atoms with Crippen molar-refractivity contribution in [1.82, 2.24) is 4.98 Å². The zero-order chi connectivity index (χ0) is 17.4. The summed E-state index contributed by atoms with van der Waals surface area (Å²) in [7, 11) is 0. The van der Waals surface area contributed by atoms with Crippen LogP contribution in [0.2, 0.25) is 5.02 Å². The van der Waals surface area contributed by atoms with Crippen LogP contribution in [0.4, 0.5) is 5.69 Å². The number of carbonyl (C=O) groups is 1. The van der Waals surface area contributed by atoms with Gasteiger partial charge in [0.1, 0.15) is 10.8 Å². The largest absolute Gasteiger partial charge is 1.00 e. The quantitative estimate of drug-likeness (QED) is 0.604. The first-order chi connectivity index (χ1) is 12.1. The molecule has 0 atom stereocenters. The number of hydrogen-bond acceptors (Lipinski definition) is 6. The van der Waals surface area contributed by atoms with Crippen LogP contribution in [0.25, 0.3) is 0 Å². The number of ether oxygens (including phenoxy) is 1. The van der Waals surface area contributed by atoms with E-state index in [1.165, 1.54) is 16.7 Å². The van der Waals surface area contributed by atoms with Gasteiger partial charge in [-0.15, -0.1) is 11.3 Å². The maximum atomic E-state index is 11.0. The average molecular weight is 395 g/mol. The number of anilines is 1. The molecule has 4 rings (SSSR count). The van der Waals surface area contributed by atoms with Crippen LogP contribution in [0.3, 0.4) is 0 Å². The summed E-state index contributed by atoms with van der Waals surface area (Å²) in [5, 5.41) is 13.7. The van der Waals surface area contributed by atoms with Gasteiger partial charge in [-0.25, -0.2) is 4.98 Å². The predicted molar refractivity (Wildman–Crippen MR) is 94.3 cm³/mol. The Kier molecular flexibility index (Phi) is 5.89. The number of aromatic carboxylic acids is 1. The maximum Gasteiger partial charge on any atom is 1.00 e. The van der Waals surface area contributed by atoms with E-state index in [2.05, 4.69) is 9.88 Å². The Balaban J connectivity index is 0.00000196. The monoisotopic (exact) mass is 394 g/mol. The van der Waals surface area contributed by atoms with Crippen molar-refractivity contribution >= 4 is 34.6 Å². The number of para-hydroxylation sites is 1. The molecule has 0 saturated heterocycles. The topological polar surface area (TPSA) is 65.5 Å². The minimum Gasteiger partial charge on any atom is -0.543 e. The van der Waals surface area contributed by atoms with Gasteiger partial charge in [0.15, 0.2) is 5.75 Å². The Labute approximate surface area is 181 Å². The van der Waals surface area contributed by atoms with E-state index in [0.29, 0.717) is 28.9 Å². The number of carboxylic acid groups (broad SMARTS) is 1. The molecule has 5 nitrogen and oxygen atoms in total. The second kappa shape index (κ2) is 7.98. The van der Waals surface area contributed by atoms with Gasteiger partial charge in [0, 0.05) is 22.5 Å². The predicted octanol–water partition coefficient (Wildman–Crippen LogP) is 0.477. The van der Waals surface area contributed by atoms with E-state index < -0.39 is 5.97 Å². The molecule has 0 unspecified atom stereocenters. The Morgan fingerprint density at radius 2 is 2.08 bits per heavy atom. The fourth-order valence-corrected chi connectivity index (χ4v) is 3.69. The van der Waals surface area contributed by atoms with Gasteiger partial charge in [-0.3, -0.25) is 0 Å². The normalized spacial score (nSPS) is 12.3. The first kappa shape index (κ1) is 19.2. The second-order valence-corrected chi connectivity index (χ2v) is 6.97. The number of carboxylic acids is 1. The van der Waals surface area contributed by atoms with Gasteiger partial charge in [-0.2, -0.15) is 0 Å². The van der Waals surface area contributed by atoms with E-state index in [9.17, 15) is 9.90 Å². The van der Waals surface area contributed by atoms with E-state index in [-0.39, 0.29) is 35.3 Å². The van der Waals surface area contributed by atoms with Crippen LogP contribution in [-0.2, 0) is 13.1 Å². The van der Waals surface area contributed by atoms with Gasteiger partial charge in [0.05, 0.1) is 23.9 Å². The molecule has 0 radical (unpaired) electrons. The first-order valence-electron chi connectivity index (χ1n) is 7.56. The summed E-state index contributed by atoms with van der Waals surface area (Å²) in [5.41, 5.74) is 1.83. The van der Waals surface area contributed by atoms with Crippen molar-refractivity contribution in [2.24, 2.45) is 0 Å². The summed E-state index contributed by atoms with van der Waals surface area (Å²) in [6, 6.07) is 13.3. The second-order valence-electron chi connectivity index (χ2n) is 5.59. The van der Waals surface area contributed by atoms with Crippen LogP contribution in [0, 0.1) is 0 Å². The molecule has 0 saturated carbocycles. The summed E-state index contributed by atoms with van der Waals surface area (Å²) in [5.74, 6) is 0.227. The fraction of sp³-hybridized carbons (Fsp3) is 0.111. The number of benzene rings is 2. The summed E-state index contributed by atoms with van der Waals surface area (Å²) >= 11 is 7.47. The summed E-state index contributed by atoms with van der Waals surface area (Å²) < 4.78 is 6.05. The van der Waals surface area contributed by atoms with E-state index in [1.807, 2.05) is 36.4 Å². The SMILES string of the molecule is O=C([O-])c1csc(CN2Cc3ccccc3Oc3ccc(Cl)cc32)n1.[Na+]. The van der Waals surface area contributed by atoms with Gasteiger partial charge in [0.2, 0.25) is 0 Å². The summed E-state index contributed by atoms with van der Waals surface area (Å²) in [6.07, 6.45) is 0. The number of hydrogen-bond donors (Lipinski definition) is 0. The maximum absolute atomic E-state index is 11.0. The zero-order valence-electron chi connectivity index (χ0n) is 13.9. The molecule has 0 bridgehead atoms. The van der Waals surface area contributed by atoms with E-state index in [1.54, 1.807) is 6.07 Å². The zero-order valence-corrected chi connectivity index (χ0v) is 17.5. The molecular formula is C18H12ClN2NaO3S. The molecule has 8 heteroatoms. The van der Waals surface area contributed by atoms with Gasteiger partial charge in [0.25, 0.3) is 0 Å². The fourth-order valence-electron chi connectivity index (χ4n) is 2.75. The van der Waals surface area contributed by atoms with E-state index >= 15 is 0 Å². The number of fused-ring (bicyclic) bond motifs is 2. The van der Waals surface area contributed by atoms with E-state index in [0.717, 1.165) is 17.0 Å². The molecule has 0 aliphatic carbocycles. The first-order valence-corrected chi connectivity index (χ1v) is 8.82. The molecule has 0 spiro atoms. The number of nitrogens with zero attached hydrogens (tertiary/aromatic N) is 2. The number of aromatic nitrogens is 1. The van der Waals surface area contributed by atoms with Crippen LogP contribution in [0.1, 0.15) is 21.1 Å². The van der Waals surface area contributed by atoms with Crippen molar-refractivity contribution in [3.05, 3.63) is 69.1 Å². The van der Waals surface area contributed by atoms with E-state index in [4.69, 9.17) is 16.3 Å². The molecule has 2 aromatic carbocycles. The molecule has 2 heterocycles. The van der Waals surface area contributed by atoms with Crippen LogP contribution < -0.4 is 44.3 Å². The number of halogens is 1. The van der Waals surface area contributed by atoms with Gasteiger partial charge >= 0.3 is 29.6 Å². The Hall–Kier alpha value is -1.57. The average Bonchev–Trinajstić information content (AvgIpc) is 3.00. The third kappa shape index (κ3) is 3.89. The standard InChI is InChI=1S/C18H13ClN2O3S.Na/c19-12-5-6-16-14(7-12)21(8-11-3-1-2-4-15(11)24-16)9-17-20-13(10-25-17)18(22)23;/h1-7,10H,8-9H2,(H,22,23);/q;+1/p-1. The number of thiazole rings is 1. The van der Waals surface area contributed by atoms with Gasteiger partial charge < -0.3 is 19.5 Å². The molecule has 1 aromatic heterocycles. The molecule has 3 aromatic rings. The summed E-state index contributed by atoms with van der Waals surface area (Å²) in [6.45, 7) is 1.05. The van der Waals surface area contributed by atoms with Crippen LogP contribution in [-0.4, -0.2) is 11.0 Å². The van der Waals surface area contributed by atoms with Crippen molar-refractivity contribution in [3.63, 3.8) is 0 Å². The minimum atomic E-state index is -1.27. The molecule has 1 aliphatic rings. The Morgan fingerprint density at radius 3 is 2.85 bits per heavy atom. The molecule has 0 fully saturated rings. The van der Waals surface area contributed by atoms with Crippen LogP contribution in [0.5, 0.6) is 11.5 Å². The van der Waals surface area contributed by atoms with Gasteiger partial charge in [-0.05, 0) is 24.3 Å². The Bertz CT molecular complexity index is 963. The van der Waals surface area contributed by atoms with Crippen molar-refractivity contribution < 1.29 is 44.2 Å². The van der Waals surface area contributed by atoms with Gasteiger partial charge in [-0.1, -0.05) is 29.8 Å². The molecule has 0 N–H and O–H groups in total. The molecule has 1 aliphatic heterocycles.